The second kappa shape index (κ2) is 8.69. The van der Waals surface area contributed by atoms with E-state index in [4.69, 9.17) is 9.47 Å². The van der Waals surface area contributed by atoms with Crippen LogP contribution >= 0.6 is 0 Å². The van der Waals surface area contributed by atoms with Gasteiger partial charge in [-0.1, -0.05) is 0 Å². The van der Waals surface area contributed by atoms with Gasteiger partial charge in [-0.3, -0.25) is 9.48 Å². The third kappa shape index (κ3) is 3.80. The van der Waals surface area contributed by atoms with Crippen LogP contribution in [0, 0.1) is 5.82 Å². The van der Waals surface area contributed by atoms with Crippen LogP contribution in [0.5, 0.6) is 11.8 Å². The maximum Gasteiger partial charge on any atom is 0.274 e. The summed E-state index contributed by atoms with van der Waals surface area (Å²) >= 11 is 0. The Balaban J connectivity index is 1.41. The maximum absolute atomic E-state index is 14.3. The minimum atomic E-state index is -0.583. The third-order valence-electron chi connectivity index (χ3n) is 5.72. The molecule has 176 valence electrons. The average molecular weight is 466 g/mol. The monoisotopic (exact) mass is 466 g/mol. The van der Waals surface area contributed by atoms with Gasteiger partial charge in [0.2, 0.25) is 11.8 Å². The number of hydrogen-bond acceptors (Lipinski definition) is 8. The van der Waals surface area contributed by atoms with E-state index >= 15 is 0 Å². The molecule has 0 saturated carbocycles. The Morgan fingerprint density at radius 1 is 1.26 bits per heavy atom. The molecule has 11 nitrogen and oxygen atoms in total. The molecule has 4 aromatic heterocycles. The molecule has 0 bridgehead atoms. The summed E-state index contributed by atoms with van der Waals surface area (Å²) in [6, 6.07) is 3.02. The Morgan fingerprint density at radius 3 is 2.82 bits per heavy atom. The third-order valence-corrected chi connectivity index (χ3v) is 5.72. The van der Waals surface area contributed by atoms with E-state index in [1.807, 2.05) is 11.5 Å². The van der Waals surface area contributed by atoms with Crippen LogP contribution in [0.3, 0.4) is 0 Å². The number of pyridine rings is 1. The van der Waals surface area contributed by atoms with Crippen molar-refractivity contribution in [1.29, 1.82) is 0 Å². The number of nitrogens with zero attached hydrogens (tertiary/aromatic N) is 8. The smallest absolute Gasteiger partial charge is 0.274 e. The zero-order chi connectivity index (χ0) is 23.8. The van der Waals surface area contributed by atoms with E-state index in [1.165, 1.54) is 25.7 Å². The van der Waals surface area contributed by atoms with Gasteiger partial charge in [-0.2, -0.15) is 10.1 Å². The molecule has 5 heterocycles. The van der Waals surface area contributed by atoms with Crippen molar-refractivity contribution in [2.45, 2.75) is 26.0 Å². The summed E-state index contributed by atoms with van der Waals surface area (Å²) in [6.07, 6.45) is 5.05. The number of methoxy groups -OCH3 is 1. The first-order valence-electron chi connectivity index (χ1n) is 10.8. The SMILES string of the molecule is CCn1c(-c2cnc(OC)c(F)c2)nc2c(OC3CCN(C(=O)c4ccn(C)n4)C3)ncnc21. The quantitative estimate of drug-likeness (QED) is 0.425. The lowest BCUT2D eigenvalue weighted by atomic mass is 10.2. The molecule has 1 atom stereocenters. The Morgan fingerprint density at radius 2 is 2.12 bits per heavy atom. The number of fused-ring (bicyclic) bond motifs is 1. The first kappa shape index (κ1) is 21.7. The number of imidazole rings is 1. The lowest BCUT2D eigenvalue weighted by molar-refractivity contribution is 0.0765. The molecule has 0 aromatic carbocycles. The summed E-state index contributed by atoms with van der Waals surface area (Å²) in [5.74, 6) is 0.0116. The van der Waals surface area contributed by atoms with Gasteiger partial charge in [0.1, 0.15) is 23.9 Å². The van der Waals surface area contributed by atoms with Crippen LogP contribution in [-0.4, -0.2) is 71.4 Å². The van der Waals surface area contributed by atoms with Crippen molar-refractivity contribution in [3.8, 4) is 23.1 Å². The van der Waals surface area contributed by atoms with E-state index in [9.17, 15) is 9.18 Å². The fourth-order valence-corrected chi connectivity index (χ4v) is 4.08. The van der Waals surface area contributed by atoms with Gasteiger partial charge in [0.05, 0.1) is 13.7 Å². The van der Waals surface area contributed by atoms with Crippen molar-refractivity contribution in [2.75, 3.05) is 20.2 Å². The van der Waals surface area contributed by atoms with Gasteiger partial charge in [-0.05, 0) is 19.1 Å². The summed E-state index contributed by atoms with van der Waals surface area (Å²) in [6.45, 7) is 3.46. The van der Waals surface area contributed by atoms with E-state index in [1.54, 1.807) is 28.9 Å². The van der Waals surface area contributed by atoms with Gasteiger partial charge < -0.3 is 18.9 Å². The zero-order valence-corrected chi connectivity index (χ0v) is 19.0. The van der Waals surface area contributed by atoms with Crippen molar-refractivity contribution in [1.82, 2.24) is 39.2 Å². The Kier molecular flexibility index (Phi) is 5.56. The first-order valence-corrected chi connectivity index (χ1v) is 10.8. The fourth-order valence-electron chi connectivity index (χ4n) is 4.08. The molecule has 1 amide bonds. The van der Waals surface area contributed by atoms with Crippen molar-refractivity contribution >= 4 is 17.1 Å². The van der Waals surface area contributed by atoms with Crippen molar-refractivity contribution < 1.29 is 18.7 Å². The molecule has 34 heavy (non-hydrogen) atoms. The molecule has 0 radical (unpaired) electrons. The summed E-state index contributed by atoms with van der Waals surface area (Å²) in [4.78, 5) is 31.8. The van der Waals surface area contributed by atoms with E-state index in [2.05, 4.69) is 25.0 Å². The molecule has 1 fully saturated rings. The topological polar surface area (TPSA) is 113 Å². The number of amides is 1. The molecule has 1 aliphatic heterocycles. The zero-order valence-electron chi connectivity index (χ0n) is 19.0. The van der Waals surface area contributed by atoms with Crippen LogP contribution < -0.4 is 9.47 Å². The minimum absolute atomic E-state index is 0.0854. The van der Waals surface area contributed by atoms with Crippen molar-refractivity contribution in [3.05, 3.63) is 42.4 Å². The van der Waals surface area contributed by atoms with Crippen molar-refractivity contribution in [3.63, 3.8) is 0 Å². The van der Waals surface area contributed by atoms with Gasteiger partial charge in [0, 0.05) is 44.5 Å². The highest BCUT2D eigenvalue weighted by Crippen LogP contribution is 2.30. The predicted octanol–water partition coefficient (Wildman–Crippen LogP) is 2.08. The number of hydrogen-bond donors (Lipinski definition) is 0. The highest BCUT2D eigenvalue weighted by molar-refractivity contribution is 5.92. The molecule has 0 N–H and O–H groups in total. The maximum atomic E-state index is 14.3. The van der Waals surface area contributed by atoms with Crippen molar-refractivity contribution in [2.24, 2.45) is 7.05 Å². The molecule has 0 aliphatic carbocycles. The molecular formula is C22H23FN8O3. The molecule has 1 unspecified atom stereocenters. The van der Waals surface area contributed by atoms with Crippen LogP contribution in [0.2, 0.25) is 0 Å². The number of halogens is 1. The fraction of sp³-hybridized carbons (Fsp3) is 0.364. The van der Waals surface area contributed by atoms with Crippen LogP contribution in [0.25, 0.3) is 22.6 Å². The van der Waals surface area contributed by atoms with E-state index in [0.29, 0.717) is 60.2 Å². The molecule has 1 aliphatic rings. The second-order valence-corrected chi connectivity index (χ2v) is 7.90. The highest BCUT2D eigenvalue weighted by atomic mass is 19.1. The molecular weight excluding hydrogens is 443 g/mol. The lowest BCUT2D eigenvalue weighted by Crippen LogP contribution is -2.31. The van der Waals surface area contributed by atoms with Gasteiger partial charge >= 0.3 is 0 Å². The largest absolute Gasteiger partial charge is 0.479 e. The molecule has 5 rings (SSSR count). The number of likely N-dealkylation sites (tertiary alicyclic amines) is 1. The standard InChI is InChI=1S/C22H23FN8O3/c1-4-31-18(13-9-15(23)20(33-3)24-10-13)27-17-19(31)25-12-26-21(17)34-14-5-8-30(11-14)22(32)16-6-7-29(2)28-16/h6-7,9-10,12,14H,4-5,8,11H2,1-3H3. The number of aromatic nitrogens is 7. The van der Waals surface area contributed by atoms with Gasteiger partial charge in [-0.25, -0.2) is 19.3 Å². The summed E-state index contributed by atoms with van der Waals surface area (Å²) in [5, 5.41) is 4.18. The Bertz CT molecular complexity index is 1370. The summed E-state index contributed by atoms with van der Waals surface area (Å²) < 4.78 is 28.8. The number of carbonyl (C=O) groups excluding carboxylic acids is 1. The van der Waals surface area contributed by atoms with Crippen LogP contribution in [0.1, 0.15) is 23.8 Å². The second-order valence-electron chi connectivity index (χ2n) is 7.90. The lowest BCUT2D eigenvalue weighted by Gasteiger charge is -2.16. The summed E-state index contributed by atoms with van der Waals surface area (Å²) in [7, 11) is 3.13. The molecule has 0 spiro atoms. The Labute approximate surface area is 194 Å². The normalized spacial score (nSPS) is 15.8. The highest BCUT2D eigenvalue weighted by Gasteiger charge is 2.30. The van der Waals surface area contributed by atoms with Crippen LogP contribution in [-0.2, 0) is 13.6 Å². The van der Waals surface area contributed by atoms with Crippen LogP contribution in [0.15, 0.2) is 30.9 Å². The number of aryl methyl sites for hydroxylation is 2. The Hall–Kier alpha value is -4.09. The molecule has 4 aromatic rings. The number of rotatable bonds is 6. The van der Waals surface area contributed by atoms with Gasteiger partial charge in [0.25, 0.3) is 5.91 Å². The molecule has 1 saturated heterocycles. The van der Waals surface area contributed by atoms with Crippen LogP contribution in [0.4, 0.5) is 4.39 Å². The predicted molar refractivity (Wildman–Crippen MR) is 119 cm³/mol. The van der Waals surface area contributed by atoms with E-state index in [-0.39, 0.29) is 17.9 Å². The first-order chi connectivity index (χ1) is 16.5. The van der Waals surface area contributed by atoms with Gasteiger partial charge in [0.15, 0.2) is 17.0 Å². The average Bonchev–Trinajstić information content (AvgIpc) is 3.57. The van der Waals surface area contributed by atoms with E-state index < -0.39 is 5.82 Å². The number of ether oxygens (including phenoxy) is 2. The van der Waals surface area contributed by atoms with Gasteiger partial charge in [-0.15, -0.1) is 0 Å². The summed E-state index contributed by atoms with van der Waals surface area (Å²) in [5.41, 5.74) is 1.92. The van der Waals surface area contributed by atoms with E-state index in [0.717, 1.165) is 0 Å². The molecule has 12 heteroatoms. The number of carbonyl (C=O) groups is 1. The minimum Gasteiger partial charge on any atom is -0.479 e.